The van der Waals surface area contributed by atoms with Crippen LogP contribution in [0.3, 0.4) is 0 Å². The van der Waals surface area contributed by atoms with Crippen LogP contribution in [0.15, 0.2) is 48.5 Å². The molecule has 0 atom stereocenters. The highest BCUT2D eigenvalue weighted by Crippen LogP contribution is 2.28. The topological polar surface area (TPSA) is 47.6 Å². The number of hydrogen-bond acceptors (Lipinski definition) is 3. The number of hydrogen-bond donors (Lipinski definition) is 1. The highest BCUT2D eigenvalue weighted by Gasteiger charge is 2.17. The molecule has 134 valence electrons. The Hall–Kier alpha value is -2.49. The van der Waals surface area contributed by atoms with Gasteiger partial charge in [0.15, 0.2) is 6.61 Å². The highest BCUT2D eigenvalue weighted by atomic mass is 16.5. The Morgan fingerprint density at radius 2 is 1.68 bits per heavy atom. The van der Waals surface area contributed by atoms with Crippen molar-refractivity contribution in [2.75, 3.05) is 18.5 Å². The molecule has 2 rings (SSSR count). The first kappa shape index (κ1) is 18.8. The smallest absolute Gasteiger partial charge is 0.262 e. The van der Waals surface area contributed by atoms with E-state index in [2.05, 4.69) is 38.2 Å². The van der Waals surface area contributed by atoms with Crippen molar-refractivity contribution in [1.29, 1.82) is 0 Å². The molecule has 4 heteroatoms. The van der Waals surface area contributed by atoms with Gasteiger partial charge in [-0.25, -0.2) is 0 Å². The molecule has 0 aliphatic heterocycles. The molecule has 1 amide bonds. The Balaban J connectivity index is 1.92. The third kappa shape index (κ3) is 5.24. The third-order valence-electron chi connectivity index (χ3n) is 4.35. The fraction of sp³-hybridized carbons (Fsp3) is 0.381. The van der Waals surface area contributed by atoms with E-state index in [-0.39, 0.29) is 17.9 Å². The fourth-order valence-electron chi connectivity index (χ4n) is 2.39. The second-order valence-corrected chi connectivity index (χ2v) is 6.53. The van der Waals surface area contributed by atoms with Gasteiger partial charge < -0.3 is 14.8 Å². The maximum Gasteiger partial charge on any atom is 0.262 e. The van der Waals surface area contributed by atoms with E-state index in [0.29, 0.717) is 23.8 Å². The number of ether oxygens (including phenoxy) is 2. The number of rotatable bonds is 8. The molecule has 0 saturated heterocycles. The molecular formula is C21H27NO3. The summed E-state index contributed by atoms with van der Waals surface area (Å²) in [5.41, 5.74) is 2.05. The second kappa shape index (κ2) is 8.56. The summed E-state index contributed by atoms with van der Waals surface area (Å²) in [6.45, 7) is 9.01. The van der Waals surface area contributed by atoms with Gasteiger partial charge in [0.25, 0.3) is 5.91 Å². The molecule has 0 aliphatic rings. The maximum atomic E-state index is 12.1. The molecule has 25 heavy (non-hydrogen) atoms. The van der Waals surface area contributed by atoms with Crippen LogP contribution < -0.4 is 14.8 Å². The summed E-state index contributed by atoms with van der Waals surface area (Å²) in [6.07, 6.45) is 1.06. The summed E-state index contributed by atoms with van der Waals surface area (Å²) in [6, 6.07) is 15.3. The van der Waals surface area contributed by atoms with E-state index in [0.717, 1.165) is 6.42 Å². The quantitative estimate of drug-likeness (QED) is 0.751. The van der Waals surface area contributed by atoms with E-state index in [1.807, 2.05) is 43.3 Å². The van der Waals surface area contributed by atoms with Gasteiger partial charge in [0.05, 0.1) is 12.3 Å². The van der Waals surface area contributed by atoms with Crippen molar-refractivity contribution in [1.82, 2.24) is 0 Å². The predicted molar refractivity (Wildman–Crippen MR) is 101 cm³/mol. The fourth-order valence-corrected chi connectivity index (χ4v) is 2.39. The molecule has 0 fully saturated rings. The average Bonchev–Trinajstić information content (AvgIpc) is 2.62. The van der Waals surface area contributed by atoms with Gasteiger partial charge in [-0.2, -0.15) is 0 Å². The number of anilines is 1. The van der Waals surface area contributed by atoms with E-state index in [1.54, 1.807) is 0 Å². The number of amides is 1. The summed E-state index contributed by atoms with van der Waals surface area (Å²) < 4.78 is 11.1. The van der Waals surface area contributed by atoms with Crippen LogP contribution in [-0.2, 0) is 10.2 Å². The van der Waals surface area contributed by atoms with Crippen molar-refractivity contribution in [3.05, 3.63) is 54.1 Å². The minimum Gasteiger partial charge on any atom is -0.492 e. The van der Waals surface area contributed by atoms with E-state index < -0.39 is 0 Å². The number of benzene rings is 2. The SMILES string of the molecule is CCOc1ccccc1NC(=O)COc1ccc(C(C)(C)CC)cc1. The average molecular weight is 341 g/mol. The normalized spacial score (nSPS) is 11.0. The van der Waals surface area contributed by atoms with Gasteiger partial charge in [-0.3, -0.25) is 4.79 Å². The Labute approximate surface area is 150 Å². The van der Waals surface area contributed by atoms with Crippen molar-refractivity contribution < 1.29 is 14.3 Å². The predicted octanol–water partition coefficient (Wildman–Crippen LogP) is 4.79. The molecule has 0 spiro atoms. The van der Waals surface area contributed by atoms with E-state index >= 15 is 0 Å². The molecule has 0 bridgehead atoms. The van der Waals surface area contributed by atoms with Crippen molar-refractivity contribution in [3.63, 3.8) is 0 Å². The molecule has 0 aliphatic carbocycles. The zero-order valence-corrected chi connectivity index (χ0v) is 15.5. The Morgan fingerprint density at radius 1 is 1.00 bits per heavy atom. The van der Waals surface area contributed by atoms with Crippen LogP contribution in [0.5, 0.6) is 11.5 Å². The number of para-hydroxylation sites is 2. The summed E-state index contributed by atoms with van der Waals surface area (Å²) >= 11 is 0. The van der Waals surface area contributed by atoms with E-state index in [9.17, 15) is 4.79 Å². The van der Waals surface area contributed by atoms with Crippen LogP contribution in [0.2, 0.25) is 0 Å². The van der Waals surface area contributed by atoms with Gasteiger partial charge in [0.2, 0.25) is 0 Å². The first-order valence-electron chi connectivity index (χ1n) is 8.71. The van der Waals surface area contributed by atoms with Crippen LogP contribution in [0.25, 0.3) is 0 Å². The lowest BCUT2D eigenvalue weighted by Gasteiger charge is -2.23. The van der Waals surface area contributed by atoms with Crippen molar-refractivity contribution in [2.45, 2.75) is 39.5 Å². The van der Waals surface area contributed by atoms with Crippen molar-refractivity contribution in [2.24, 2.45) is 0 Å². The van der Waals surface area contributed by atoms with Gasteiger partial charge in [0.1, 0.15) is 11.5 Å². The minimum absolute atomic E-state index is 0.0447. The second-order valence-electron chi connectivity index (χ2n) is 6.53. The first-order chi connectivity index (χ1) is 12.0. The zero-order valence-electron chi connectivity index (χ0n) is 15.5. The van der Waals surface area contributed by atoms with Gasteiger partial charge in [-0.05, 0) is 48.6 Å². The number of carbonyl (C=O) groups is 1. The minimum atomic E-state index is -0.217. The van der Waals surface area contributed by atoms with E-state index in [4.69, 9.17) is 9.47 Å². The molecule has 0 radical (unpaired) electrons. The van der Waals surface area contributed by atoms with Crippen LogP contribution in [0, 0.1) is 0 Å². The lowest BCUT2D eigenvalue weighted by molar-refractivity contribution is -0.118. The molecule has 4 nitrogen and oxygen atoms in total. The molecule has 0 saturated carbocycles. The third-order valence-corrected chi connectivity index (χ3v) is 4.35. The van der Waals surface area contributed by atoms with Crippen LogP contribution in [-0.4, -0.2) is 19.1 Å². The van der Waals surface area contributed by atoms with Crippen LogP contribution in [0.4, 0.5) is 5.69 Å². The number of carbonyl (C=O) groups excluding carboxylic acids is 1. The summed E-state index contributed by atoms with van der Waals surface area (Å²) in [4.78, 5) is 12.1. The maximum absolute atomic E-state index is 12.1. The van der Waals surface area contributed by atoms with Crippen LogP contribution in [0.1, 0.15) is 39.7 Å². The monoisotopic (exact) mass is 341 g/mol. The van der Waals surface area contributed by atoms with Crippen molar-refractivity contribution >= 4 is 11.6 Å². The lowest BCUT2D eigenvalue weighted by atomic mass is 9.82. The van der Waals surface area contributed by atoms with E-state index in [1.165, 1.54) is 5.56 Å². The van der Waals surface area contributed by atoms with Gasteiger partial charge in [-0.15, -0.1) is 0 Å². The van der Waals surface area contributed by atoms with Crippen molar-refractivity contribution in [3.8, 4) is 11.5 Å². The molecule has 1 N–H and O–H groups in total. The Kier molecular flexibility index (Phi) is 6.45. The molecule has 2 aromatic rings. The molecule has 0 aromatic heterocycles. The summed E-state index contributed by atoms with van der Waals surface area (Å²) in [5, 5.41) is 2.82. The van der Waals surface area contributed by atoms with Gasteiger partial charge >= 0.3 is 0 Å². The van der Waals surface area contributed by atoms with Gasteiger partial charge in [-0.1, -0.05) is 45.0 Å². The van der Waals surface area contributed by atoms with Gasteiger partial charge in [0, 0.05) is 0 Å². The molecule has 0 unspecified atom stereocenters. The molecule has 2 aromatic carbocycles. The standard InChI is InChI=1S/C21H27NO3/c1-5-21(3,4)16-11-13-17(14-12-16)25-15-20(23)22-18-9-7-8-10-19(18)24-6-2/h7-14H,5-6,15H2,1-4H3,(H,22,23). The first-order valence-corrected chi connectivity index (χ1v) is 8.71. The largest absolute Gasteiger partial charge is 0.492 e. The molecular weight excluding hydrogens is 314 g/mol. The lowest BCUT2D eigenvalue weighted by Crippen LogP contribution is -2.20. The van der Waals surface area contributed by atoms with Crippen LogP contribution >= 0.6 is 0 Å². The number of nitrogens with one attached hydrogen (secondary N) is 1. The Bertz CT molecular complexity index is 693. The Morgan fingerprint density at radius 3 is 2.32 bits per heavy atom. The molecule has 0 heterocycles. The highest BCUT2D eigenvalue weighted by molar-refractivity contribution is 5.93. The summed E-state index contributed by atoms with van der Waals surface area (Å²) in [5.74, 6) is 1.12. The summed E-state index contributed by atoms with van der Waals surface area (Å²) in [7, 11) is 0. The zero-order chi connectivity index (χ0) is 18.3.